The lowest BCUT2D eigenvalue weighted by Crippen LogP contribution is -2.33. The van der Waals surface area contributed by atoms with Gasteiger partial charge in [0.25, 0.3) is 0 Å². The summed E-state index contributed by atoms with van der Waals surface area (Å²) in [6.07, 6.45) is 5.46. The molecule has 2 heterocycles. The van der Waals surface area contributed by atoms with E-state index in [0.717, 1.165) is 27.4 Å². The number of carbonyl (C=O) groups excluding carboxylic acids is 1. The summed E-state index contributed by atoms with van der Waals surface area (Å²) in [5.41, 5.74) is 2.44. The lowest BCUT2D eigenvalue weighted by Gasteiger charge is -2.21. The molecule has 0 saturated heterocycles. The van der Waals surface area contributed by atoms with E-state index < -0.39 is 0 Å². The van der Waals surface area contributed by atoms with E-state index in [9.17, 15) is 4.79 Å². The number of hydrogen-bond acceptors (Lipinski definition) is 4. The summed E-state index contributed by atoms with van der Waals surface area (Å²) >= 11 is 5.24. The number of aryl methyl sites for hydroxylation is 1. The fourth-order valence-corrected chi connectivity index (χ4v) is 3.76. The van der Waals surface area contributed by atoms with E-state index in [4.69, 9.17) is 0 Å². The molecule has 0 N–H and O–H groups in total. The number of rotatable bonds is 5. The van der Waals surface area contributed by atoms with Gasteiger partial charge >= 0.3 is 0 Å². The fourth-order valence-electron chi connectivity index (χ4n) is 2.28. The molecule has 0 fully saturated rings. The van der Waals surface area contributed by atoms with E-state index in [0.29, 0.717) is 0 Å². The number of aromatic nitrogens is 3. The highest BCUT2D eigenvalue weighted by Gasteiger charge is 2.25. The van der Waals surface area contributed by atoms with Crippen molar-refractivity contribution in [2.24, 2.45) is 5.92 Å². The first kappa shape index (κ1) is 17.0. The van der Waals surface area contributed by atoms with Crippen LogP contribution in [0.15, 0.2) is 29.1 Å². The lowest BCUT2D eigenvalue weighted by atomic mass is 10.2. The Balaban J connectivity index is 2.37. The third-order valence-corrected chi connectivity index (χ3v) is 4.91. The van der Waals surface area contributed by atoms with E-state index in [2.05, 4.69) is 26.0 Å². The molecule has 5 nitrogen and oxygen atoms in total. The molecule has 0 spiro atoms. The topological polar surface area (TPSA) is 51.0 Å². The minimum atomic E-state index is -0.0342. The molecule has 0 radical (unpaired) electrons. The van der Waals surface area contributed by atoms with E-state index in [1.54, 1.807) is 40.8 Å². The molecule has 1 atom stereocenters. The van der Waals surface area contributed by atoms with Crippen molar-refractivity contribution in [1.29, 1.82) is 0 Å². The van der Waals surface area contributed by atoms with Gasteiger partial charge in [-0.15, -0.1) is 0 Å². The highest BCUT2D eigenvalue weighted by atomic mass is 79.9. The number of nitrogens with zero attached hydrogens (tertiary/aromatic N) is 4. The van der Waals surface area contributed by atoms with E-state index >= 15 is 0 Å². The molecule has 22 heavy (non-hydrogen) atoms. The van der Waals surface area contributed by atoms with Gasteiger partial charge in [-0.3, -0.25) is 9.78 Å². The zero-order valence-corrected chi connectivity index (χ0v) is 15.5. The summed E-state index contributed by atoms with van der Waals surface area (Å²) in [7, 11) is 1.79. The van der Waals surface area contributed by atoms with Crippen LogP contribution in [-0.4, -0.2) is 39.7 Å². The van der Waals surface area contributed by atoms with Crippen LogP contribution in [0, 0.1) is 12.8 Å². The van der Waals surface area contributed by atoms with Crippen LogP contribution in [0.5, 0.6) is 0 Å². The molecule has 0 bridgehead atoms. The number of hydrogen-bond donors (Lipinski definition) is 0. The number of pyridine rings is 1. The first-order valence-corrected chi connectivity index (χ1v) is 9.08. The number of carbonyl (C=O) groups is 1. The molecular weight excluding hydrogens is 364 g/mol. The van der Waals surface area contributed by atoms with Crippen molar-refractivity contribution in [2.45, 2.75) is 13.8 Å². The Morgan fingerprint density at radius 1 is 1.55 bits per heavy atom. The number of amides is 1. The van der Waals surface area contributed by atoms with Crippen molar-refractivity contribution in [3.63, 3.8) is 0 Å². The Bertz CT molecular complexity index is 659. The summed E-state index contributed by atoms with van der Waals surface area (Å²) in [5, 5.41) is 4.52. The van der Waals surface area contributed by atoms with Gasteiger partial charge in [0.1, 0.15) is 4.60 Å². The monoisotopic (exact) mass is 382 g/mol. The van der Waals surface area contributed by atoms with Crippen LogP contribution < -0.4 is 4.90 Å². The Morgan fingerprint density at radius 3 is 2.86 bits per heavy atom. The predicted molar refractivity (Wildman–Crippen MR) is 94.8 cm³/mol. The molecule has 2 aromatic rings. The molecule has 118 valence electrons. The normalized spacial score (nSPS) is 12.2. The number of halogens is 1. The quantitative estimate of drug-likeness (QED) is 0.795. The molecule has 2 aromatic heterocycles. The Labute approximate surface area is 143 Å². The Kier molecular flexibility index (Phi) is 5.63. The first-order valence-electron chi connectivity index (χ1n) is 6.89. The highest BCUT2D eigenvalue weighted by molar-refractivity contribution is 9.10. The van der Waals surface area contributed by atoms with Crippen LogP contribution in [0.25, 0.3) is 5.69 Å². The lowest BCUT2D eigenvalue weighted by molar-refractivity contribution is -0.120. The van der Waals surface area contributed by atoms with Gasteiger partial charge in [-0.05, 0) is 41.2 Å². The SMILES string of the molecule is CSCC(C)C(=O)N(C)c1c(C)nn(-c2cccnc2)c1Br. The number of thioether (sulfide) groups is 1. The molecule has 1 unspecified atom stereocenters. The van der Waals surface area contributed by atoms with Gasteiger partial charge in [0.2, 0.25) is 5.91 Å². The third kappa shape index (κ3) is 3.35. The molecule has 7 heteroatoms. The first-order chi connectivity index (χ1) is 10.5. The fraction of sp³-hybridized carbons (Fsp3) is 0.400. The van der Waals surface area contributed by atoms with Crippen LogP contribution in [-0.2, 0) is 4.79 Å². The maximum atomic E-state index is 12.5. The van der Waals surface area contributed by atoms with Crippen LogP contribution in [0.1, 0.15) is 12.6 Å². The Morgan fingerprint density at radius 2 is 2.27 bits per heavy atom. The second kappa shape index (κ2) is 7.28. The molecule has 0 aromatic carbocycles. The molecular formula is C15H19BrN4OS. The summed E-state index contributed by atoms with van der Waals surface area (Å²) in [5.74, 6) is 0.855. The summed E-state index contributed by atoms with van der Waals surface area (Å²) in [4.78, 5) is 18.3. The zero-order chi connectivity index (χ0) is 16.3. The Hall–Kier alpha value is -1.34. The molecule has 0 aliphatic carbocycles. The minimum Gasteiger partial charge on any atom is -0.311 e. The van der Waals surface area contributed by atoms with Gasteiger partial charge in [-0.25, -0.2) is 4.68 Å². The van der Waals surface area contributed by atoms with Crippen molar-refractivity contribution in [2.75, 3.05) is 24.0 Å². The standard InChI is InChI=1S/C15H19BrN4OS/c1-10(9-22-4)15(21)19(3)13-11(2)18-20(14(13)16)12-6-5-7-17-8-12/h5-8,10H,9H2,1-4H3. The van der Waals surface area contributed by atoms with Crippen LogP contribution >= 0.6 is 27.7 Å². The molecule has 0 saturated carbocycles. The van der Waals surface area contributed by atoms with E-state index in [1.807, 2.05) is 32.2 Å². The van der Waals surface area contributed by atoms with Crippen LogP contribution in [0.2, 0.25) is 0 Å². The predicted octanol–water partition coefficient (Wildman–Crippen LogP) is 3.30. The maximum absolute atomic E-state index is 12.5. The van der Waals surface area contributed by atoms with Crippen molar-refractivity contribution in [3.8, 4) is 5.69 Å². The van der Waals surface area contributed by atoms with Crippen molar-refractivity contribution in [3.05, 3.63) is 34.8 Å². The smallest absolute Gasteiger partial charge is 0.230 e. The molecule has 1 amide bonds. The van der Waals surface area contributed by atoms with Gasteiger partial charge in [-0.1, -0.05) is 6.92 Å². The zero-order valence-electron chi connectivity index (χ0n) is 13.1. The van der Waals surface area contributed by atoms with Crippen LogP contribution in [0.3, 0.4) is 0 Å². The summed E-state index contributed by atoms with van der Waals surface area (Å²) < 4.78 is 2.51. The molecule has 2 rings (SSSR count). The number of anilines is 1. The van der Waals surface area contributed by atoms with E-state index in [1.165, 1.54) is 0 Å². The highest BCUT2D eigenvalue weighted by Crippen LogP contribution is 2.32. The third-order valence-electron chi connectivity index (χ3n) is 3.37. The largest absolute Gasteiger partial charge is 0.311 e. The average molecular weight is 383 g/mol. The van der Waals surface area contributed by atoms with Gasteiger partial charge < -0.3 is 4.90 Å². The molecule has 0 aliphatic rings. The van der Waals surface area contributed by atoms with Gasteiger partial charge in [0, 0.05) is 24.9 Å². The second-order valence-corrected chi connectivity index (χ2v) is 6.76. The summed E-state index contributed by atoms with van der Waals surface area (Å²) in [6.45, 7) is 3.85. The molecule has 0 aliphatic heterocycles. The van der Waals surface area contributed by atoms with Crippen molar-refractivity contribution < 1.29 is 4.79 Å². The van der Waals surface area contributed by atoms with Gasteiger partial charge in [0.05, 0.1) is 23.3 Å². The van der Waals surface area contributed by atoms with Gasteiger partial charge in [0.15, 0.2) is 0 Å². The van der Waals surface area contributed by atoms with Crippen molar-refractivity contribution >= 4 is 39.3 Å². The minimum absolute atomic E-state index is 0.0342. The second-order valence-electron chi connectivity index (χ2n) is 5.10. The van der Waals surface area contributed by atoms with E-state index in [-0.39, 0.29) is 11.8 Å². The van der Waals surface area contributed by atoms with Crippen molar-refractivity contribution in [1.82, 2.24) is 14.8 Å². The van der Waals surface area contributed by atoms with Crippen LogP contribution in [0.4, 0.5) is 5.69 Å². The summed E-state index contributed by atoms with van der Waals surface area (Å²) in [6, 6.07) is 3.78. The average Bonchev–Trinajstić information content (AvgIpc) is 2.82. The maximum Gasteiger partial charge on any atom is 0.230 e. The van der Waals surface area contributed by atoms with Gasteiger partial charge in [-0.2, -0.15) is 16.9 Å².